The van der Waals surface area contributed by atoms with Gasteiger partial charge in [-0.2, -0.15) is 4.39 Å². The molecule has 0 aromatic carbocycles. The maximum atomic E-state index is 13.2. The highest BCUT2D eigenvalue weighted by molar-refractivity contribution is 5.61. The van der Waals surface area contributed by atoms with Crippen LogP contribution in [0.1, 0.15) is 32.0 Å². The van der Waals surface area contributed by atoms with Crippen molar-refractivity contribution < 1.29 is 9.13 Å². The van der Waals surface area contributed by atoms with Crippen molar-refractivity contribution in [3.63, 3.8) is 0 Å². The van der Waals surface area contributed by atoms with Gasteiger partial charge in [-0.15, -0.1) is 0 Å². The summed E-state index contributed by atoms with van der Waals surface area (Å²) in [5.41, 5.74) is 2.65. The van der Waals surface area contributed by atoms with Gasteiger partial charge in [0.05, 0.1) is 11.9 Å². The zero-order valence-corrected chi connectivity index (χ0v) is 9.60. The van der Waals surface area contributed by atoms with Crippen molar-refractivity contribution in [1.29, 1.82) is 0 Å². The van der Waals surface area contributed by atoms with Crippen molar-refractivity contribution in [2.75, 3.05) is 0 Å². The number of nitrogens with zero attached hydrogens (tertiary/aromatic N) is 1. The van der Waals surface area contributed by atoms with Gasteiger partial charge in [0.25, 0.3) is 0 Å². The fourth-order valence-electron chi connectivity index (χ4n) is 1.33. The number of pyridine rings is 1. The van der Waals surface area contributed by atoms with Crippen molar-refractivity contribution in [2.24, 2.45) is 0 Å². The number of allylic oxidation sites excluding steroid dienone is 1. The molecule has 0 radical (unpaired) electrons. The number of ether oxygens (including phenoxy) is 1. The number of hydrogen-bond acceptors (Lipinski definition) is 2. The fraction of sp³-hybridized carbons (Fsp3) is 0.417. The third-order valence-corrected chi connectivity index (χ3v) is 1.82. The Morgan fingerprint density at radius 3 is 2.53 bits per heavy atom. The smallest absolute Gasteiger partial charge is 0.242 e. The Kier molecular flexibility index (Phi) is 3.12. The number of alkyl halides is 1. The molecule has 3 heteroatoms. The minimum atomic E-state index is -1.68. The summed E-state index contributed by atoms with van der Waals surface area (Å²) < 4.78 is 18.3. The quantitative estimate of drug-likeness (QED) is 0.760. The summed E-state index contributed by atoms with van der Waals surface area (Å²) in [6.45, 7) is 10.3. The Morgan fingerprint density at radius 1 is 1.53 bits per heavy atom. The zero-order chi connectivity index (χ0) is 11.6. The van der Waals surface area contributed by atoms with Gasteiger partial charge >= 0.3 is 0 Å². The van der Waals surface area contributed by atoms with Gasteiger partial charge in [0.15, 0.2) is 0 Å². The summed E-state index contributed by atoms with van der Waals surface area (Å²) in [5, 5.41) is 0. The summed E-state index contributed by atoms with van der Waals surface area (Å²) in [6.07, 6.45) is 1.51. The Bertz CT molecular complexity index is 380. The molecule has 15 heavy (non-hydrogen) atoms. The lowest BCUT2D eigenvalue weighted by Crippen LogP contribution is -2.21. The first kappa shape index (κ1) is 11.7. The number of aryl methyl sites for hydroxylation is 1. The van der Waals surface area contributed by atoms with E-state index in [4.69, 9.17) is 4.74 Å². The van der Waals surface area contributed by atoms with Gasteiger partial charge in [-0.1, -0.05) is 6.58 Å². The van der Waals surface area contributed by atoms with E-state index in [9.17, 15) is 4.39 Å². The largest absolute Gasteiger partial charge is 0.457 e. The predicted molar refractivity (Wildman–Crippen MR) is 59.5 cm³/mol. The van der Waals surface area contributed by atoms with Gasteiger partial charge in [-0.3, -0.25) is 4.98 Å². The van der Waals surface area contributed by atoms with E-state index in [-0.39, 0.29) is 0 Å². The second-order valence-corrected chi connectivity index (χ2v) is 4.08. The van der Waals surface area contributed by atoms with E-state index in [0.717, 1.165) is 16.8 Å². The zero-order valence-electron chi connectivity index (χ0n) is 9.60. The molecule has 0 unspecified atom stereocenters. The van der Waals surface area contributed by atoms with Crippen LogP contribution in [0.5, 0.6) is 5.75 Å². The SMILES string of the molecule is C=C(C)c1ncc(OC(C)(C)F)cc1C. The van der Waals surface area contributed by atoms with Crippen LogP contribution in [-0.4, -0.2) is 10.8 Å². The van der Waals surface area contributed by atoms with Crippen molar-refractivity contribution >= 4 is 5.57 Å². The van der Waals surface area contributed by atoms with Crippen LogP contribution in [0.2, 0.25) is 0 Å². The molecule has 0 N–H and O–H groups in total. The minimum absolute atomic E-state index is 0.435. The maximum absolute atomic E-state index is 13.2. The van der Waals surface area contributed by atoms with Gasteiger partial charge in [0, 0.05) is 13.8 Å². The second-order valence-electron chi connectivity index (χ2n) is 4.08. The molecule has 0 spiro atoms. The van der Waals surface area contributed by atoms with E-state index in [1.807, 2.05) is 13.8 Å². The van der Waals surface area contributed by atoms with E-state index in [1.54, 1.807) is 6.07 Å². The molecule has 1 rings (SSSR count). The molecule has 0 aliphatic rings. The molecule has 0 bridgehead atoms. The van der Waals surface area contributed by atoms with Crippen LogP contribution in [0.25, 0.3) is 5.57 Å². The Hall–Kier alpha value is -1.38. The topological polar surface area (TPSA) is 22.1 Å². The van der Waals surface area contributed by atoms with Crippen molar-refractivity contribution in [3.05, 3.63) is 30.1 Å². The molecule has 0 aliphatic carbocycles. The van der Waals surface area contributed by atoms with Crippen LogP contribution in [0.15, 0.2) is 18.8 Å². The lowest BCUT2D eigenvalue weighted by molar-refractivity contribution is -0.0260. The molecule has 0 amide bonds. The Labute approximate surface area is 89.8 Å². The molecular weight excluding hydrogens is 193 g/mol. The van der Waals surface area contributed by atoms with Crippen LogP contribution >= 0.6 is 0 Å². The van der Waals surface area contributed by atoms with Gasteiger partial charge < -0.3 is 4.74 Å². The average Bonchev–Trinajstić information content (AvgIpc) is 1.99. The lowest BCUT2D eigenvalue weighted by atomic mass is 10.1. The third-order valence-electron chi connectivity index (χ3n) is 1.82. The molecule has 1 aromatic rings. The molecule has 0 saturated carbocycles. The van der Waals surface area contributed by atoms with Crippen LogP contribution in [0.4, 0.5) is 4.39 Å². The van der Waals surface area contributed by atoms with Crippen molar-refractivity contribution in [1.82, 2.24) is 4.98 Å². The standard InChI is InChI=1S/C12H16FNO/c1-8(2)11-9(3)6-10(7-14-11)15-12(4,5)13/h6-7H,1H2,2-5H3. The lowest BCUT2D eigenvalue weighted by Gasteiger charge is -2.17. The van der Waals surface area contributed by atoms with Gasteiger partial charge in [0.2, 0.25) is 5.85 Å². The normalized spacial score (nSPS) is 11.3. The van der Waals surface area contributed by atoms with Crippen molar-refractivity contribution in [2.45, 2.75) is 33.5 Å². The third kappa shape index (κ3) is 3.35. The highest BCUT2D eigenvalue weighted by atomic mass is 19.2. The second kappa shape index (κ2) is 4.01. The first-order valence-corrected chi connectivity index (χ1v) is 4.80. The summed E-state index contributed by atoms with van der Waals surface area (Å²) in [6, 6.07) is 1.76. The van der Waals surface area contributed by atoms with Gasteiger partial charge in [-0.05, 0) is 31.1 Å². The van der Waals surface area contributed by atoms with Crippen molar-refractivity contribution in [3.8, 4) is 5.75 Å². The van der Waals surface area contributed by atoms with E-state index < -0.39 is 5.85 Å². The van der Waals surface area contributed by atoms with E-state index in [0.29, 0.717) is 5.75 Å². The predicted octanol–water partition coefficient (Wildman–Crippen LogP) is 3.51. The molecule has 0 fully saturated rings. The number of halogens is 1. The first-order valence-electron chi connectivity index (χ1n) is 4.80. The van der Waals surface area contributed by atoms with Crippen LogP contribution < -0.4 is 4.74 Å². The molecule has 0 atom stereocenters. The maximum Gasteiger partial charge on any atom is 0.242 e. The first-order chi connectivity index (χ1) is 6.79. The van der Waals surface area contributed by atoms with Crippen LogP contribution in [0.3, 0.4) is 0 Å². The van der Waals surface area contributed by atoms with Crippen LogP contribution in [0, 0.1) is 6.92 Å². The number of hydrogen-bond donors (Lipinski definition) is 0. The highest BCUT2D eigenvalue weighted by Crippen LogP contribution is 2.23. The Balaban J connectivity index is 2.97. The molecule has 82 valence electrons. The van der Waals surface area contributed by atoms with E-state index in [1.165, 1.54) is 20.0 Å². The summed E-state index contributed by atoms with van der Waals surface area (Å²) in [4.78, 5) is 4.17. The monoisotopic (exact) mass is 209 g/mol. The fourth-order valence-corrected chi connectivity index (χ4v) is 1.33. The highest BCUT2D eigenvalue weighted by Gasteiger charge is 2.17. The summed E-state index contributed by atoms with van der Waals surface area (Å²) >= 11 is 0. The molecule has 0 saturated heterocycles. The molecule has 1 aromatic heterocycles. The minimum Gasteiger partial charge on any atom is -0.457 e. The molecule has 2 nitrogen and oxygen atoms in total. The summed E-state index contributed by atoms with van der Waals surface area (Å²) in [7, 11) is 0. The molecule has 1 heterocycles. The summed E-state index contributed by atoms with van der Waals surface area (Å²) in [5.74, 6) is -1.25. The van der Waals surface area contributed by atoms with E-state index >= 15 is 0 Å². The molecular formula is C12H16FNO. The number of aromatic nitrogens is 1. The number of rotatable bonds is 3. The van der Waals surface area contributed by atoms with E-state index in [2.05, 4.69) is 11.6 Å². The van der Waals surface area contributed by atoms with Crippen LogP contribution in [-0.2, 0) is 0 Å². The molecule has 0 aliphatic heterocycles. The van der Waals surface area contributed by atoms with Gasteiger partial charge in [-0.25, -0.2) is 0 Å². The average molecular weight is 209 g/mol. The van der Waals surface area contributed by atoms with Gasteiger partial charge in [0.1, 0.15) is 5.75 Å². The Morgan fingerprint density at radius 2 is 2.13 bits per heavy atom.